The van der Waals surface area contributed by atoms with Crippen LogP contribution in [-0.2, 0) is 9.47 Å². The van der Waals surface area contributed by atoms with Crippen LogP contribution in [-0.4, -0.2) is 39.0 Å². The number of methoxy groups -OCH3 is 1. The fraction of sp³-hybridized carbons (Fsp3) is 1.00. The van der Waals surface area contributed by atoms with E-state index in [4.69, 9.17) is 9.47 Å². The van der Waals surface area contributed by atoms with Gasteiger partial charge in [-0.25, -0.2) is 0 Å². The van der Waals surface area contributed by atoms with Gasteiger partial charge >= 0.3 is 0 Å². The Hall–Kier alpha value is -0.120. The van der Waals surface area contributed by atoms with Gasteiger partial charge in [0, 0.05) is 26.3 Å². The number of rotatable bonds is 5. The van der Waals surface area contributed by atoms with Crippen LogP contribution in [0.4, 0.5) is 0 Å². The summed E-state index contributed by atoms with van der Waals surface area (Å²) in [4.78, 5) is 0. The molecule has 3 nitrogen and oxygen atoms in total. The minimum absolute atomic E-state index is 0.188. The Kier molecular flexibility index (Phi) is 5.22. The fourth-order valence-corrected chi connectivity index (χ4v) is 2.15. The third-order valence-electron chi connectivity index (χ3n) is 3.55. The van der Waals surface area contributed by atoms with E-state index in [-0.39, 0.29) is 11.5 Å². The van der Waals surface area contributed by atoms with Crippen molar-refractivity contribution in [1.29, 1.82) is 0 Å². The quantitative estimate of drug-likeness (QED) is 0.783. The summed E-state index contributed by atoms with van der Waals surface area (Å²) in [5.41, 5.74) is 0.188. The molecule has 1 fully saturated rings. The lowest BCUT2D eigenvalue weighted by Crippen LogP contribution is -2.43. The lowest BCUT2D eigenvalue weighted by molar-refractivity contribution is 0.0146. The van der Waals surface area contributed by atoms with Crippen LogP contribution in [0.1, 0.15) is 34.1 Å². The molecule has 96 valence electrons. The van der Waals surface area contributed by atoms with Crippen LogP contribution in [0.15, 0.2) is 0 Å². The summed E-state index contributed by atoms with van der Waals surface area (Å²) in [6.45, 7) is 11.6. The standard InChI is InChI=1S/C13H27NO2/c1-10(11-6-7-16-9-11)14-8-12(15-5)13(2,3)4/h10-12,14H,6-9H2,1-5H3. The molecule has 0 spiro atoms. The topological polar surface area (TPSA) is 30.5 Å². The highest BCUT2D eigenvalue weighted by atomic mass is 16.5. The molecule has 0 aromatic carbocycles. The molecular weight excluding hydrogens is 202 g/mol. The normalized spacial score (nSPS) is 25.7. The molecule has 0 radical (unpaired) electrons. The van der Waals surface area contributed by atoms with Crippen molar-refractivity contribution in [3.63, 3.8) is 0 Å². The van der Waals surface area contributed by atoms with Gasteiger partial charge in [0.15, 0.2) is 0 Å². The Morgan fingerprint density at radius 1 is 1.44 bits per heavy atom. The lowest BCUT2D eigenvalue weighted by atomic mass is 9.88. The fourth-order valence-electron chi connectivity index (χ4n) is 2.15. The van der Waals surface area contributed by atoms with Crippen LogP contribution in [0.5, 0.6) is 0 Å². The van der Waals surface area contributed by atoms with Crippen molar-refractivity contribution >= 4 is 0 Å². The largest absolute Gasteiger partial charge is 0.381 e. The predicted octanol–water partition coefficient (Wildman–Crippen LogP) is 2.06. The summed E-state index contributed by atoms with van der Waals surface area (Å²) >= 11 is 0. The highest BCUT2D eigenvalue weighted by molar-refractivity contribution is 4.81. The summed E-state index contributed by atoms with van der Waals surface area (Å²) in [7, 11) is 1.79. The van der Waals surface area contributed by atoms with Gasteiger partial charge in [-0.15, -0.1) is 0 Å². The van der Waals surface area contributed by atoms with E-state index < -0.39 is 0 Å². The first-order valence-electron chi connectivity index (χ1n) is 6.29. The second-order valence-corrected chi connectivity index (χ2v) is 5.91. The van der Waals surface area contributed by atoms with E-state index in [0.717, 1.165) is 19.8 Å². The predicted molar refractivity (Wildman–Crippen MR) is 66.6 cm³/mol. The van der Waals surface area contributed by atoms with E-state index in [1.165, 1.54) is 6.42 Å². The summed E-state index contributed by atoms with van der Waals surface area (Å²) in [5.74, 6) is 0.664. The Morgan fingerprint density at radius 3 is 2.56 bits per heavy atom. The average molecular weight is 229 g/mol. The van der Waals surface area contributed by atoms with Gasteiger partial charge in [-0.2, -0.15) is 0 Å². The molecule has 0 aliphatic carbocycles. The molecular formula is C13H27NO2. The highest BCUT2D eigenvalue weighted by Crippen LogP contribution is 2.22. The van der Waals surface area contributed by atoms with Crippen LogP contribution in [0.2, 0.25) is 0 Å². The minimum atomic E-state index is 0.188. The van der Waals surface area contributed by atoms with Crippen LogP contribution in [0.25, 0.3) is 0 Å². The van der Waals surface area contributed by atoms with Crippen molar-refractivity contribution in [3.8, 4) is 0 Å². The van der Waals surface area contributed by atoms with Crippen LogP contribution in [0, 0.1) is 11.3 Å². The molecule has 0 saturated carbocycles. The van der Waals surface area contributed by atoms with Crippen molar-refractivity contribution < 1.29 is 9.47 Å². The van der Waals surface area contributed by atoms with E-state index >= 15 is 0 Å². The first kappa shape index (κ1) is 13.9. The van der Waals surface area contributed by atoms with Crippen molar-refractivity contribution in [1.82, 2.24) is 5.32 Å². The number of hydrogen-bond donors (Lipinski definition) is 1. The zero-order valence-electron chi connectivity index (χ0n) is 11.4. The zero-order valence-corrected chi connectivity index (χ0v) is 11.4. The molecule has 1 rings (SSSR count). The third-order valence-corrected chi connectivity index (χ3v) is 3.55. The molecule has 1 aliphatic rings. The first-order valence-corrected chi connectivity index (χ1v) is 6.29. The molecule has 3 atom stereocenters. The molecule has 1 N–H and O–H groups in total. The molecule has 0 bridgehead atoms. The monoisotopic (exact) mass is 229 g/mol. The van der Waals surface area contributed by atoms with E-state index in [9.17, 15) is 0 Å². The van der Waals surface area contributed by atoms with Gasteiger partial charge in [-0.05, 0) is 24.7 Å². The van der Waals surface area contributed by atoms with Gasteiger partial charge in [0.05, 0.1) is 12.7 Å². The van der Waals surface area contributed by atoms with Gasteiger partial charge < -0.3 is 14.8 Å². The van der Waals surface area contributed by atoms with E-state index in [1.54, 1.807) is 7.11 Å². The molecule has 1 saturated heterocycles. The van der Waals surface area contributed by atoms with E-state index in [1.807, 2.05) is 0 Å². The maximum atomic E-state index is 5.53. The van der Waals surface area contributed by atoms with Crippen LogP contribution < -0.4 is 5.32 Å². The molecule has 0 aromatic heterocycles. The molecule has 3 heteroatoms. The molecule has 1 aliphatic heterocycles. The molecule has 0 amide bonds. The zero-order chi connectivity index (χ0) is 12.2. The maximum absolute atomic E-state index is 5.53. The van der Waals surface area contributed by atoms with Crippen LogP contribution in [0.3, 0.4) is 0 Å². The summed E-state index contributed by atoms with van der Waals surface area (Å²) in [5, 5.41) is 3.58. The van der Waals surface area contributed by atoms with Crippen molar-refractivity contribution in [3.05, 3.63) is 0 Å². The SMILES string of the molecule is COC(CNC(C)C1CCOC1)C(C)(C)C. The van der Waals surface area contributed by atoms with Gasteiger partial charge in [0.25, 0.3) is 0 Å². The smallest absolute Gasteiger partial charge is 0.0743 e. The lowest BCUT2D eigenvalue weighted by Gasteiger charge is -2.31. The highest BCUT2D eigenvalue weighted by Gasteiger charge is 2.27. The summed E-state index contributed by atoms with van der Waals surface area (Å²) in [6, 6.07) is 0.516. The Bertz CT molecular complexity index is 195. The van der Waals surface area contributed by atoms with Crippen LogP contribution >= 0.6 is 0 Å². The Balaban J connectivity index is 2.31. The van der Waals surface area contributed by atoms with E-state index in [2.05, 4.69) is 33.0 Å². The van der Waals surface area contributed by atoms with Gasteiger partial charge in [0.1, 0.15) is 0 Å². The molecule has 3 unspecified atom stereocenters. The molecule has 16 heavy (non-hydrogen) atoms. The second kappa shape index (κ2) is 5.99. The van der Waals surface area contributed by atoms with E-state index in [0.29, 0.717) is 12.0 Å². The Labute approximate surface area is 99.9 Å². The number of hydrogen-bond acceptors (Lipinski definition) is 3. The Morgan fingerprint density at radius 2 is 2.12 bits per heavy atom. The van der Waals surface area contributed by atoms with Gasteiger partial charge in [0.2, 0.25) is 0 Å². The number of nitrogens with one attached hydrogen (secondary N) is 1. The third kappa shape index (κ3) is 4.04. The summed E-state index contributed by atoms with van der Waals surface area (Å²) < 4.78 is 10.9. The van der Waals surface area contributed by atoms with Gasteiger partial charge in [-0.1, -0.05) is 20.8 Å². The van der Waals surface area contributed by atoms with Gasteiger partial charge in [-0.3, -0.25) is 0 Å². The van der Waals surface area contributed by atoms with Crippen molar-refractivity contribution in [2.24, 2.45) is 11.3 Å². The molecule has 1 heterocycles. The average Bonchev–Trinajstić information content (AvgIpc) is 2.68. The number of ether oxygens (including phenoxy) is 2. The molecule has 0 aromatic rings. The van der Waals surface area contributed by atoms with Crippen molar-refractivity contribution in [2.75, 3.05) is 26.9 Å². The second-order valence-electron chi connectivity index (χ2n) is 5.91. The minimum Gasteiger partial charge on any atom is -0.381 e. The summed E-state index contributed by atoms with van der Waals surface area (Å²) in [6.07, 6.45) is 1.44. The van der Waals surface area contributed by atoms with Crippen molar-refractivity contribution in [2.45, 2.75) is 46.3 Å². The maximum Gasteiger partial charge on any atom is 0.0743 e. The first-order chi connectivity index (χ1) is 7.45.